The van der Waals surface area contributed by atoms with E-state index in [0.717, 1.165) is 12.4 Å². The highest BCUT2D eigenvalue weighted by Gasteiger charge is 2.31. The standard InChI is InChI=1S/C10H13F3N2O2/c11-10(12,13)8-6-14-15(7-8)5-3-1-2-4-9(16)17/h6-7H,1-5H2,(H,16,17). The summed E-state index contributed by atoms with van der Waals surface area (Å²) in [4.78, 5) is 10.2. The third-order valence-corrected chi connectivity index (χ3v) is 2.24. The smallest absolute Gasteiger partial charge is 0.419 e. The fraction of sp³-hybridized carbons (Fsp3) is 0.600. The van der Waals surface area contributed by atoms with Gasteiger partial charge in [0.15, 0.2) is 0 Å². The molecule has 0 saturated heterocycles. The molecule has 1 aromatic heterocycles. The van der Waals surface area contributed by atoms with Crippen LogP contribution in [0, 0.1) is 0 Å². The van der Waals surface area contributed by atoms with Crippen molar-refractivity contribution in [1.29, 1.82) is 0 Å². The summed E-state index contributed by atoms with van der Waals surface area (Å²) in [5, 5.41) is 12.0. The molecule has 1 rings (SSSR count). The number of aryl methyl sites for hydroxylation is 1. The van der Waals surface area contributed by atoms with Crippen molar-refractivity contribution < 1.29 is 23.1 Å². The summed E-state index contributed by atoms with van der Waals surface area (Å²) in [6.07, 6.45) is -0.717. The molecular weight excluding hydrogens is 237 g/mol. The van der Waals surface area contributed by atoms with Gasteiger partial charge < -0.3 is 5.11 Å². The molecule has 0 radical (unpaired) electrons. The fourth-order valence-electron chi connectivity index (χ4n) is 1.36. The molecule has 1 N–H and O–H groups in total. The van der Waals surface area contributed by atoms with Crippen LogP contribution >= 0.6 is 0 Å². The Labute approximate surface area is 96.0 Å². The van der Waals surface area contributed by atoms with Gasteiger partial charge in [0.05, 0.1) is 11.8 Å². The van der Waals surface area contributed by atoms with Crippen molar-refractivity contribution in [3.05, 3.63) is 18.0 Å². The summed E-state index contributed by atoms with van der Waals surface area (Å²) >= 11 is 0. The highest BCUT2D eigenvalue weighted by atomic mass is 19.4. The van der Waals surface area contributed by atoms with Gasteiger partial charge in [-0.05, 0) is 12.8 Å². The molecule has 0 saturated carbocycles. The normalized spacial score (nSPS) is 11.7. The second kappa shape index (κ2) is 5.70. The summed E-state index contributed by atoms with van der Waals surface area (Å²) in [6, 6.07) is 0. The first-order valence-electron chi connectivity index (χ1n) is 5.21. The summed E-state index contributed by atoms with van der Waals surface area (Å²) in [5.74, 6) is -0.858. The number of carbonyl (C=O) groups is 1. The number of aromatic nitrogens is 2. The quantitative estimate of drug-likeness (QED) is 0.789. The minimum absolute atomic E-state index is 0.0902. The summed E-state index contributed by atoms with van der Waals surface area (Å²) in [5.41, 5.74) is -0.761. The van der Waals surface area contributed by atoms with Crippen LogP contribution in [0.25, 0.3) is 0 Å². The van der Waals surface area contributed by atoms with E-state index >= 15 is 0 Å². The molecule has 0 atom stereocenters. The minimum Gasteiger partial charge on any atom is -0.481 e. The lowest BCUT2D eigenvalue weighted by Crippen LogP contribution is -2.03. The maximum Gasteiger partial charge on any atom is 0.419 e. The SMILES string of the molecule is O=C(O)CCCCCn1cc(C(F)(F)F)cn1. The van der Waals surface area contributed by atoms with E-state index < -0.39 is 17.7 Å². The van der Waals surface area contributed by atoms with Gasteiger partial charge in [-0.25, -0.2) is 0 Å². The first-order valence-corrected chi connectivity index (χ1v) is 5.21. The monoisotopic (exact) mass is 250 g/mol. The van der Waals surface area contributed by atoms with E-state index in [1.54, 1.807) is 0 Å². The Morgan fingerprint density at radius 2 is 2.06 bits per heavy atom. The predicted molar refractivity (Wildman–Crippen MR) is 53.3 cm³/mol. The summed E-state index contributed by atoms with van der Waals surface area (Å²) in [6.45, 7) is 0.371. The minimum atomic E-state index is -4.36. The molecule has 0 aliphatic heterocycles. The Hall–Kier alpha value is -1.53. The molecule has 0 spiro atoms. The van der Waals surface area contributed by atoms with Crippen LogP contribution in [0.3, 0.4) is 0 Å². The Morgan fingerprint density at radius 3 is 2.59 bits per heavy atom. The summed E-state index contributed by atoms with van der Waals surface area (Å²) < 4.78 is 37.9. The maximum absolute atomic E-state index is 12.2. The molecule has 96 valence electrons. The predicted octanol–water partition coefficient (Wildman–Crippen LogP) is 2.55. The number of alkyl halides is 3. The average Bonchev–Trinajstić information content (AvgIpc) is 2.64. The zero-order valence-corrected chi connectivity index (χ0v) is 9.07. The van der Waals surface area contributed by atoms with Gasteiger partial charge in [-0.1, -0.05) is 6.42 Å². The summed E-state index contributed by atoms with van der Waals surface area (Å²) in [7, 11) is 0. The molecule has 1 aromatic rings. The van der Waals surface area contributed by atoms with Crippen LogP contribution in [0.5, 0.6) is 0 Å². The van der Waals surface area contributed by atoms with Crippen LogP contribution in [0.4, 0.5) is 13.2 Å². The van der Waals surface area contributed by atoms with Crippen molar-refractivity contribution in [1.82, 2.24) is 9.78 Å². The molecule has 0 bridgehead atoms. The van der Waals surface area contributed by atoms with Crippen LogP contribution in [0.1, 0.15) is 31.2 Å². The molecule has 4 nitrogen and oxygen atoms in total. The number of rotatable bonds is 6. The Morgan fingerprint density at radius 1 is 1.35 bits per heavy atom. The Kier molecular flexibility index (Phi) is 4.53. The lowest BCUT2D eigenvalue weighted by molar-refractivity contribution is -0.138. The number of hydrogen-bond donors (Lipinski definition) is 1. The van der Waals surface area contributed by atoms with Crippen molar-refractivity contribution in [3.63, 3.8) is 0 Å². The van der Waals surface area contributed by atoms with Gasteiger partial charge in [0, 0.05) is 19.2 Å². The van der Waals surface area contributed by atoms with Crippen molar-refractivity contribution in [3.8, 4) is 0 Å². The van der Waals surface area contributed by atoms with Gasteiger partial charge >= 0.3 is 12.1 Å². The van der Waals surface area contributed by atoms with Gasteiger partial charge in [-0.15, -0.1) is 0 Å². The average molecular weight is 250 g/mol. The molecule has 17 heavy (non-hydrogen) atoms. The third-order valence-electron chi connectivity index (χ3n) is 2.24. The zero-order valence-electron chi connectivity index (χ0n) is 9.07. The van der Waals surface area contributed by atoms with Crippen LogP contribution in [0.2, 0.25) is 0 Å². The van der Waals surface area contributed by atoms with E-state index in [9.17, 15) is 18.0 Å². The third kappa shape index (κ3) is 4.88. The number of carboxylic acid groups (broad SMARTS) is 1. The Bertz CT molecular complexity index is 374. The molecule has 7 heteroatoms. The van der Waals surface area contributed by atoms with Crippen LogP contribution in [-0.4, -0.2) is 20.9 Å². The lowest BCUT2D eigenvalue weighted by Gasteiger charge is -2.02. The molecule has 0 aliphatic carbocycles. The molecule has 1 heterocycles. The molecule has 0 unspecified atom stereocenters. The van der Waals surface area contributed by atoms with E-state index in [2.05, 4.69) is 5.10 Å². The lowest BCUT2D eigenvalue weighted by atomic mass is 10.2. The highest BCUT2D eigenvalue weighted by Crippen LogP contribution is 2.28. The van der Waals surface area contributed by atoms with Gasteiger partial charge in [-0.2, -0.15) is 18.3 Å². The number of aliphatic carboxylic acids is 1. The topological polar surface area (TPSA) is 55.1 Å². The number of unbranched alkanes of at least 4 members (excludes halogenated alkanes) is 2. The largest absolute Gasteiger partial charge is 0.481 e. The Balaban J connectivity index is 2.28. The van der Waals surface area contributed by atoms with E-state index in [1.807, 2.05) is 0 Å². The molecular formula is C10H13F3N2O2. The zero-order chi connectivity index (χ0) is 12.9. The van der Waals surface area contributed by atoms with Crippen molar-refractivity contribution >= 4 is 5.97 Å². The number of nitrogens with zero attached hydrogens (tertiary/aromatic N) is 2. The number of hydrogen-bond acceptors (Lipinski definition) is 2. The van der Waals surface area contributed by atoms with Crippen molar-refractivity contribution in [2.75, 3.05) is 0 Å². The van der Waals surface area contributed by atoms with Crippen molar-refractivity contribution in [2.24, 2.45) is 0 Å². The molecule has 0 aromatic carbocycles. The van der Waals surface area contributed by atoms with Crippen molar-refractivity contribution in [2.45, 2.75) is 38.4 Å². The van der Waals surface area contributed by atoms with E-state index in [1.165, 1.54) is 4.68 Å². The number of carboxylic acids is 1. The van der Waals surface area contributed by atoms with E-state index in [-0.39, 0.29) is 6.42 Å². The van der Waals surface area contributed by atoms with Crippen LogP contribution in [0.15, 0.2) is 12.4 Å². The van der Waals surface area contributed by atoms with Crippen LogP contribution in [-0.2, 0) is 17.5 Å². The van der Waals surface area contributed by atoms with Gasteiger partial charge in [0.1, 0.15) is 0 Å². The second-order valence-electron chi connectivity index (χ2n) is 3.69. The molecule has 0 fully saturated rings. The molecule has 0 amide bonds. The van der Waals surface area contributed by atoms with Crippen LogP contribution < -0.4 is 0 Å². The van der Waals surface area contributed by atoms with E-state index in [0.29, 0.717) is 25.8 Å². The number of halogens is 3. The van der Waals surface area contributed by atoms with Gasteiger partial charge in [-0.3, -0.25) is 9.48 Å². The molecule has 0 aliphatic rings. The van der Waals surface area contributed by atoms with E-state index in [4.69, 9.17) is 5.11 Å². The maximum atomic E-state index is 12.2. The second-order valence-corrected chi connectivity index (χ2v) is 3.69. The van der Waals surface area contributed by atoms with Gasteiger partial charge in [0.2, 0.25) is 0 Å². The highest BCUT2D eigenvalue weighted by molar-refractivity contribution is 5.66. The first-order chi connectivity index (χ1) is 7.89. The van der Waals surface area contributed by atoms with Gasteiger partial charge in [0.25, 0.3) is 0 Å². The first kappa shape index (κ1) is 13.5. The fourth-order valence-corrected chi connectivity index (χ4v) is 1.36.